The van der Waals surface area contributed by atoms with Crippen LogP contribution in [0.15, 0.2) is 85.1 Å². The first-order valence-corrected chi connectivity index (χ1v) is 33.6. The van der Waals surface area contributed by atoms with Gasteiger partial charge in [0, 0.05) is 19.3 Å². The fourth-order valence-electron chi connectivity index (χ4n) is 9.58. The number of hydrogen-bond donors (Lipinski definition) is 0. The molecule has 0 saturated heterocycles. The number of esters is 3. The summed E-state index contributed by atoms with van der Waals surface area (Å²) in [4.78, 5) is 38.3. The largest absolute Gasteiger partial charge is 0.462 e. The Morgan fingerprint density at radius 3 is 0.808 bits per heavy atom. The van der Waals surface area contributed by atoms with Gasteiger partial charge in [-0.3, -0.25) is 14.4 Å². The van der Waals surface area contributed by atoms with Crippen molar-refractivity contribution >= 4 is 17.9 Å². The zero-order chi connectivity index (χ0) is 56.4. The predicted molar refractivity (Wildman–Crippen MR) is 339 cm³/mol. The molecular weight excluding hydrogens is 961 g/mol. The summed E-state index contributed by atoms with van der Waals surface area (Å²) in [5.41, 5.74) is 0. The van der Waals surface area contributed by atoms with Gasteiger partial charge in [-0.05, 0) is 116 Å². The quantitative estimate of drug-likeness (QED) is 0.0261. The summed E-state index contributed by atoms with van der Waals surface area (Å²) in [5.74, 6) is -0.919. The van der Waals surface area contributed by atoms with Crippen LogP contribution in [0.4, 0.5) is 0 Å². The molecular formula is C72H126O6. The van der Waals surface area contributed by atoms with Crippen LogP contribution in [-0.2, 0) is 28.6 Å². The summed E-state index contributed by atoms with van der Waals surface area (Å²) >= 11 is 0. The Morgan fingerprint density at radius 1 is 0.269 bits per heavy atom. The molecule has 0 saturated carbocycles. The maximum atomic E-state index is 12.9. The molecule has 0 aromatic carbocycles. The number of hydrogen-bond acceptors (Lipinski definition) is 6. The van der Waals surface area contributed by atoms with Gasteiger partial charge in [0.05, 0.1) is 0 Å². The zero-order valence-corrected chi connectivity index (χ0v) is 51.7. The second kappa shape index (κ2) is 66.1. The van der Waals surface area contributed by atoms with E-state index in [1.807, 2.05) is 0 Å². The van der Waals surface area contributed by atoms with Crippen molar-refractivity contribution in [2.75, 3.05) is 13.2 Å². The smallest absolute Gasteiger partial charge is 0.306 e. The molecule has 0 amide bonds. The molecule has 0 aromatic heterocycles. The number of unbranched alkanes of at least 4 members (excludes halogenated alkanes) is 36. The van der Waals surface area contributed by atoms with E-state index in [0.29, 0.717) is 12.8 Å². The van der Waals surface area contributed by atoms with Crippen LogP contribution in [0.2, 0.25) is 0 Å². The monoisotopic (exact) mass is 1090 g/mol. The van der Waals surface area contributed by atoms with E-state index < -0.39 is 6.10 Å². The van der Waals surface area contributed by atoms with Gasteiger partial charge in [-0.25, -0.2) is 0 Å². The van der Waals surface area contributed by atoms with Crippen LogP contribution in [0.25, 0.3) is 0 Å². The van der Waals surface area contributed by atoms with Gasteiger partial charge in [0.1, 0.15) is 13.2 Å². The van der Waals surface area contributed by atoms with Gasteiger partial charge in [0.25, 0.3) is 0 Å². The van der Waals surface area contributed by atoms with Crippen molar-refractivity contribution in [1.29, 1.82) is 0 Å². The molecule has 0 aliphatic carbocycles. The highest BCUT2D eigenvalue weighted by Crippen LogP contribution is 2.17. The first kappa shape index (κ1) is 74.6. The van der Waals surface area contributed by atoms with Gasteiger partial charge in [-0.1, -0.05) is 286 Å². The Hall–Kier alpha value is -3.41. The molecule has 6 nitrogen and oxygen atoms in total. The average Bonchev–Trinajstić information content (AvgIpc) is 3.44. The molecule has 0 rings (SSSR count). The average molecular weight is 1090 g/mol. The summed E-state index contributed by atoms with van der Waals surface area (Å²) in [6, 6.07) is 0. The van der Waals surface area contributed by atoms with E-state index in [4.69, 9.17) is 14.2 Å². The standard InChI is InChI=1S/C72H126O6/c1-4-7-10-13-16-19-22-25-28-30-32-33-34-35-36-37-38-39-41-42-44-47-50-53-56-59-62-65-71(74)77-68-69(67-76-70(73)64-61-58-55-52-49-46-27-24-21-18-15-12-9-6-3)78-72(75)66-63-60-57-54-51-48-45-43-40-31-29-26-23-20-17-14-11-8-5-2/h8,11,17,20,24,26-27,29-30,32,40,43,48,51,69H,4-7,9-10,12-16,18-19,21-23,25,28,31,33-39,41-42,44-47,49-50,52-68H2,1-3H3/b11-8-,20-17-,27-24-,29-26-,32-30-,43-40-,51-48-. The van der Waals surface area contributed by atoms with E-state index in [-0.39, 0.29) is 37.5 Å². The lowest BCUT2D eigenvalue weighted by molar-refractivity contribution is -0.167. The fraction of sp³-hybridized carbons (Fsp3) is 0.764. The maximum Gasteiger partial charge on any atom is 0.306 e. The SMILES string of the molecule is CC/C=C\C/C=C\C/C=C\C/C=C\C/C=C\CCCCCC(=O)OC(COC(=O)CCCCCCC/C=C\CCCCCCC)COC(=O)CCCCCCCCCCCCCCCCC/C=C\CCCCCCCCCC. The predicted octanol–water partition coefficient (Wildman–Crippen LogP) is 23.1. The summed E-state index contributed by atoms with van der Waals surface area (Å²) in [7, 11) is 0. The van der Waals surface area contributed by atoms with Crippen molar-refractivity contribution in [2.24, 2.45) is 0 Å². The molecule has 1 atom stereocenters. The number of carbonyl (C=O) groups excluding carboxylic acids is 3. The van der Waals surface area contributed by atoms with Crippen LogP contribution >= 0.6 is 0 Å². The first-order chi connectivity index (χ1) is 38.5. The van der Waals surface area contributed by atoms with Crippen LogP contribution < -0.4 is 0 Å². The second-order valence-corrected chi connectivity index (χ2v) is 22.3. The lowest BCUT2D eigenvalue weighted by atomic mass is 10.0. The molecule has 0 radical (unpaired) electrons. The number of rotatable bonds is 61. The van der Waals surface area contributed by atoms with Gasteiger partial charge in [-0.15, -0.1) is 0 Å². The molecule has 0 fully saturated rings. The van der Waals surface area contributed by atoms with Gasteiger partial charge in [0.15, 0.2) is 6.10 Å². The first-order valence-electron chi connectivity index (χ1n) is 33.6. The van der Waals surface area contributed by atoms with Crippen molar-refractivity contribution in [3.63, 3.8) is 0 Å². The second-order valence-electron chi connectivity index (χ2n) is 22.3. The molecule has 450 valence electrons. The Morgan fingerprint density at radius 2 is 0.500 bits per heavy atom. The Bertz CT molecular complexity index is 1480. The fourth-order valence-corrected chi connectivity index (χ4v) is 9.58. The number of ether oxygens (including phenoxy) is 3. The van der Waals surface area contributed by atoms with Crippen molar-refractivity contribution in [1.82, 2.24) is 0 Å². The summed E-state index contributed by atoms with van der Waals surface area (Å²) in [5, 5.41) is 0. The van der Waals surface area contributed by atoms with Crippen LogP contribution in [-0.4, -0.2) is 37.2 Å². The van der Waals surface area contributed by atoms with Crippen LogP contribution in [0.1, 0.15) is 335 Å². The Kier molecular flexibility index (Phi) is 63.2. The minimum atomic E-state index is -0.798. The lowest BCUT2D eigenvalue weighted by Crippen LogP contribution is -2.30. The van der Waals surface area contributed by atoms with Gasteiger partial charge in [0.2, 0.25) is 0 Å². The van der Waals surface area contributed by atoms with E-state index in [1.165, 1.54) is 193 Å². The van der Waals surface area contributed by atoms with Crippen molar-refractivity contribution in [3.8, 4) is 0 Å². The molecule has 0 bridgehead atoms. The molecule has 0 heterocycles. The van der Waals surface area contributed by atoms with Gasteiger partial charge in [-0.2, -0.15) is 0 Å². The Labute approximate surface area is 484 Å². The molecule has 6 heteroatoms. The molecule has 0 aliphatic heterocycles. The lowest BCUT2D eigenvalue weighted by Gasteiger charge is -2.18. The van der Waals surface area contributed by atoms with Crippen LogP contribution in [0.5, 0.6) is 0 Å². The Balaban J connectivity index is 4.31. The van der Waals surface area contributed by atoms with E-state index in [2.05, 4.69) is 106 Å². The van der Waals surface area contributed by atoms with Gasteiger partial charge < -0.3 is 14.2 Å². The van der Waals surface area contributed by atoms with E-state index in [9.17, 15) is 14.4 Å². The summed E-state index contributed by atoms with van der Waals surface area (Å²) < 4.78 is 16.9. The van der Waals surface area contributed by atoms with Crippen molar-refractivity contribution in [3.05, 3.63) is 85.1 Å². The van der Waals surface area contributed by atoms with Crippen LogP contribution in [0, 0.1) is 0 Å². The molecule has 1 unspecified atom stereocenters. The van der Waals surface area contributed by atoms with Crippen molar-refractivity contribution in [2.45, 2.75) is 341 Å². The van der Waals surface area contributed by atoms with E-state index in [0.717, 1.165) is 103 Å². The van der Waals surface area contributed by atoms with Crippen LogP contribution in [0.3, 0.4) is 0 Å². The number of allylic oxidation sites excluding steroid dienone is 14. The molecule has 78 heavy (non-hydrogen) atoms. The highest BCUT2D eigenvalue weighted by molar-refractivity contribution is 5.71. The van der Waals surface area contributed by atoms with E-state index >= 15 is 0 Å². The van der Waals surface area contributed by atoms with Gasteiger partial charge >= 0.3 is 17.9 Å². The molecule has 0 N–H and O–H groups in total. The minimum Gasteiger partial charge on any atom is -0.462 e. The van der Waals surface area contributed by atoms with E-state index in [1.54, 1.807) is 0 Å². The third kappa shape index (κ3) is 63.4. The number of carbonyl (C=O) groups is 3. The van der Waals surface area contributed by atoms with Crippen molar-refractivity contribution < 1.29 is 28.6 Å². The third-order valence-electron chi connectivity index (χ3n) is 14.6. The normalized spacial score (nSPS) is 12.6. The molecule has 0 aromatic rings. The zero-order valence-electron chi connectivity index (χ0n) is 51.7. The highest BCUT2D eigenvalue weighted by atomic mass is 16.6. The highest BCUT2D eigenvalue weighted by Gasteiger charge is 2.19. The summed E-state index contributed by atoms with van der Waals surface area (Å²) in [6.07, 6.45) is 87.5. The minimum absolute atomic E-state index is 0.0907. The molecule has 0 spiro atoms. The molecule has 0 aliphatic rings. The maximum absolute atomic E-state index is 12.9. The third-order valence-corrected chi connectivity index (χ3v) is 14.6. The topological polar surface area (TPSA) is 78.9 Å². The summed E-state index contributed by atoms with van der Waals surface area (Å²) in [6.45, 7) is 6.52.